The molecule has 1 aromatic heterocycles. The number of carbonyl (C=O) groups is 1. The average molecular weight is 239 g/mol. The van der Waals surface area contributed by atoms with E-state index in [1.54, 1.807) is 12.4 Å². The summed E-state index contributed by atoms with van der Waals surface area (Å²) < 4.78 is 5.68. The minimum atomic E-state index is -0.337. The standard InChI is InChI=1S/C15H13NO2/c17-13(9-11-5-7-16-8-6-11)15-10-12-3-1-2-4-14(12)18-15/h1-8,15H,9-10H2. The van der Waals surface area contributed by atoms with Crippen molar-refractivity contribution in [2.24, 2.45) is 0 Å². The number of para-hydroxylation sites is 1. The van der Waals surface area contributed by atoms with E-state index in [-0.39, 0.29) is 11.9 Å². The number of Topliss-reactive ketones (excluding diaryl/α,β-unsaturated/α-hetero) is 1. The maximum absolute atomic E-state index is 12.1. The summed E-state index contributed by atoms with van der Waals surface area (Å²) in [5.41, 5.74) is 2.10. The first-order chi connectivity index (χ1) is 8.83. The number of fused-ring (bicyclic) bond motifs is 1. The third-order valence-electron chi connectivity index (χ3n) is 3.13. The molecule has 1 aliphatic rings. The van der Waals surface area contributed by atoms with Crippen LogP contribution in [0.5, 0.6) is 5.75 Å². The number of ketones is 1. The number of pyridine rings is 1. The van der Waals surface area contributed by atoms with E-state index in [1.165, 1.54) is 0 Å². The minimum Gasteiger partial charge on any atom is -0.482 e. The first kappa shape index (κ1) is 11.0. The van der Waals surface area contributed by atoms with Gasteiger partial charge in [0.05, 0.1) is 0 Å². The van der Waals surface area contributed by atoms with Crippen LogP contribution in [-0.4, -0.2) is 16.9 Å². The summed E-state index contributed by atoms with van der Waals surface area (Å²) >= 11 is 0. The molecule has 18 heavy (non-hydrogen) atoms. The summed E-state index contributed by atoms with van der Waals surface area (Å²) in [4.78, 5) is 16.1. The number of nitrogens with zero attached hydrogens (tertiary/aromatic N) is 1. The van der Waals surface area contributed by atoms with Gasteiger partial charge in [-0.15, -0.1) is 0 Å². The van der Waals surface area contributed by atoms with Crippen LogP contribution in [0.3, 0.4) is 0 Å². The van der Waals surface area contributed by atoms with Crippen molar-refractivity contribution in [3.63, 3.8) is 0 Å². The van der Waals surface area contributed by atoms with Crippen molar-refractivity contribution >= 4 is 5.78 Å². The Morgan fingerprint density at radius 1 is 1.22 bits per heavy atom. The molecule has 1 atom stereocenters. The number of aromatic nitrogens is 1. The predicted octanol–water partition coefficient (Wildman–Crippen LogP) is 2.20. The number of hydrogen-bond acceptors (Lipinski definition) is 3. The maximum Gasteiger partial charge on any atom is 0.177 e. The van der Waals surface area contributed by atoms with Gasteiger partial charge in [0.15, 0.2) is 11.9 Å². The Balaban J connectivity index is 1.70. The molecular weight excluding hydrogens is 226 g/mol. The van der Waals surface area contributed by atoms with Gasteiger partial charge in [-0.05, 0) is 29.3 Å². The highest BCUT2D eigenvalue weighted by atomic mass is 16.5. The van der Waals surface area contributed by atoms with E-state index in [9.17, 15) is 4.79 Å². The van der Waals surface area contributed by atoms with Crippen molar-refractivity contribution < 1.29 is 9.53 Å². The highest BCUT2D eigenvalue weighted by Crippen LogP contribution is 2.28. The lowest BCUT2D eigenvalue weighted by molar-refractivity contribution is -0.124. The number of benzene rings is 1. The number of carbonyl (C=O) groups excluding carboxylic acids is 1. The Hall–Kier alpha value is -2.16. The molecule has 3 rings (SSSR count). The van der Waals surface area contributed by atoms with Crippen LogP contribution in [0.15, 0.2) is 48.8 Å². The number of hydrogen-bond donors (Lipinski definition) is 0. The third kappa shape index (κ3) is 2.12. The third-order valence-corrected chi connectivity index (χ3v) is 3.13. The highest BCUT2D eigenvalue weighted by molar-refractivity contribution is 5.86. The van der Waals surface area contributed by atoms with Crippen LogP contribution in [0.4, 0.5) is 0 Å². The van der Waals surface area contributed by atoms with Crippen molar-refractivity contribution in [1.82, 2.24) is 4.98 Å². The van der Waals surface area contributed by atoms with E-state index < -0.39 is 0 Å². The van der Waals surface area contributed by atoms with Crippen LogP contribution < -0.4 is 4.74 Å². The molecule has 0 bridgehead atoms. The first-order valence-corrected chi connectivity index (χ1v) is 5.99. The molecule has 90 valence electrons. The molecule has 1 unspecified atom stereocenters. The summed E-state index contributed by atoms with van der Waals surface area (Å²) in [7, 11) is 0. The lowest BCUT2D eigenvalue weighted by Crippen LogP contribution is -2.26. The van der Waals surface area contributed by atoms with E-state index >= 15 is 0 Å². The van der Waals surface area contributed by atoms with Crippen molar-refractivity contribution in [2.45, 2.75) is 18.9 Å². The van der Waals surface area contributed by atoms with Gasteiger partial charge in [-0.2, -0.15) is 0 Å². The van der Waals surface area contributed by atoms with Gasteiger partial charge >= 0.3 is 0 Å². The Kier molecular flexibility index (Phi) is 2.81. The molecule has 2 aromatic rings. The first-order valence-electron chi connectivity index (χ1n) is 5.99. The fourth-order valence-electron chi connectivity index (χ4n) is 2.18. The van der Waals surface area contributed by atoms with Gasteiger partial charge in [-0.3, -0.25) is 9.78 Å². The lowest BCUT2D eigenvalue weighted by Gasteiger charge is -2.09. The Labute approximate surface area is 105 Å². The quantitative estimate of drug-likeness (QED) is 0.824. The minimum absolute atomic E-state index is 0.123. The van der Waals surface area contributed by atoms with E-state index in [0.29, 0.717) is 12.8 Å². The molecule has 3 heteroatoms. The lowest BCUT2D eigenvalue weighted by atomic mass is 10.0. The normalized spacial score (nSPS) is 17.0. The smallest absolute Gasteiger partial charge is 0.177 e. The van der Waals surface area contributed by atoms with Crippen molar-refractivity contribution in [2.75, 3.05) is 0 Å². The van der Waals surface area contributed by atoms with Crippen LogP contribution in [0.2, 0.25) is 0 Å². The van der Waals surface area contributed by atoms with Gasteiger partial charge in [-0.1, -0.05) is 18.2 Å². The molecule has 0 fully saturated rings. The zero-order valence-corrected chi connectivity index (χ0v) is 9.87. The molecule has 0 spiro atoms. The zero-order valence-electron chi connectivity index (χ0n) is 9.87. The van der Waals surface area contributed by atoms with Crippen molar-refractivity contribution in [3.05, 3.63) is 59.9 Å². The molecular formula is C15H13NO2. The van der Waals surface area contributed by atoms with E-state index in [0.717, 1.165) is 16.9 Å². The second-order valence-corrected chi connectivity index (χ2v) is 4.42. The molecule has 0 saturated heterocycles. The molecule has 1 aliphatic heterocycles. The van der Waals surface area contributed by atoms with Gasteiger partial charge < -0.3 is 4.74 Å². The van der Waals surface area contributed by atoms with Gasteiger partial charge in [0.1, 0.15) is 5.75 Å². The Morgan fingerprint density at radius 2 is 2.00 bits per heavy atom. The van der Waals surface area contributed by atoms with Crippen LogP contribution >= 0.6 is 0 Å². The van der Waals surface area contributed by atoms with Gasteiger partial charge in [0, 0.05) is 25.2 Å². The van der Waals surface area contributed by atoms with Crippen LogP contribution in [0.25, 0.3) is 0 Å². The molecule has 1 aromatic carbocycles. The van der Waals surface area contributed by atoms with Crippen molar-refractivity contribution in [1.29, 1.82) is 0 Å². The molecule has 0 saturated carbocycles. The molecule has 3 nitrogen and oxygen atoms in total. The SMILES string of the molecule is O=C(Cc1ccncc1)C1Cc2ccccc2O1. The van der Waals surface area contributed by atoms with Gasteiger partial charge in [0.25, 0.3) is 0 Å². The Bertz CT molecular complexity index is 541. The Morgan fingerprint density at radius 3 is 2.78 bits per heavy atom. The summed E-state index contributed by atoms with van der Waals surface area (Å²) in [5, 5.41) is 0. The van der Waals surface area contributed by atoms with E-state index in [2.05, 4.69) is 4.98 Å². The molecule has 0 amide bonds. The summed E-state index contributed by atoms with van der Waals surface area (Å²) in [6.07, 6.45) is 4.15. The largest absolute Gasteiger partial charge is 0.482 e. The topological polar surface area (TPSA) is 39.2 Å². The fourth-order valence-corrected chi connectivity index (χ4v) is 2.18. The molecule has 0 N–H and O–H groups in total. The van der Waals surface area contributed by atoms with Crippen molar-refractivity contribution in [3.8, 4) is 5.75 Å². The van der Waals surface area contributed by atoms with Crippen LogP contribution in [-0.2, 0) is 17.6 Å². The summed E-state index contributed by atoms with van der Waals surface area (Å²) in [5.74, 6) is 0.961. The number of ether oxygens (including phenoxy) is 1. The summed E-state index contributed by atoms with van der Waals surface area (Å²) in [6.45, 7) is 0. The summed E-state index contributed by atoms with van der Waals surface area (Å²) in [6, 6.07) is 11.5. The highest BCUT2D eigenvalue weighted by Gasteiger charge is 2.28. The molecule has 0 radical (unpaired) electrons. The van der Waals surface area contributed by atoms with Crippen LogP contribution in [0.1, 0.15) is 11.1 Å². The zero-order chi connectivity index (χ0) is 12.4. The van der Waals surface area contributed by atoms with Gasteiger partial charge in [0.2, 0.25) is 0 Å². The average Bonchev–Trinajstić information content (AvgIpc) is 2.84. The second kappa shape index (κ2) is 4.61. The maximum atomic E-state index is 12.1. The molecule has 0 aliphatic carbocycles. The second-order valence-electron chi connectivity index (χ2n) is 4.42. The fraction of sp³-hybridized carbons (Fsp3) is 0.200. The van der Waals surface area contributed by atoms with E-state index in [4.69, 9.17) is 4.74 Å². The van der Waals surface area contributed by atoms with Crippen LogP contribution in [0, 0.1) is 0 Å². The monoisotopic (exact) mass is 239 g/mol. The predicted molar refractivity (Wildman–Crippen MR) is 67.5 cm³/mol. The number of rotatable bonds is 3. The molecule has 2 heterocycles. The van der Waals surface area contributed by atoms with E-state index in [1.807, 2.05) is 36.4 Å². The van der Waals surface area contributed by atoms with Gasteiger partial charge in [-0.25, -0.2) is 0 Å².